The lowest BCUT2D eigenvalue weighted by molar-refractivity contribution is -0.118. The van der Waals surface area contributed by atoms with Gasteiger partial charge in [-0.3, -0.25) is 4.79 Å². The summed E-state index contributed by atoms with van der Waals surface area (Å²) in [5.41, 5.74) is 0.869. The maximum absolute atomic E-state index is 12.1. The lowest BCUT2D eigenvalue weighted by atomic mass is 9.88. The van der Waals surface area contributed by atoms with Crippen LogP contribution < -0.4 is 5.32 Å². The molecule has 25 heavy (non-hydrogen) atoms. The molecule has 2 N–H and O–H groups in total. The van der Waals surface area contributed by atoms with Gasteiger partial charge >= 0.3 is 0 Å². The number of aliphatic hydroxyl groups is 1. The Morgan fingerprint density at radius 2 is 1.88 bits per heavy atom. The Kier molecular flexibility index (Phi) is 5.61. The number of benzene rings is 2. The predicted molar refractivity (Wildman–Crippen MR) is 103 cm³/mol. The van der Waals surface area contributed by atoms with Crippen LogP contribution in [-0.2, 0) is 10.4 Å². The lowest BCUT2D eigenvalue weighted by Crippen LogP contribution is -2.42. The maximum Gasteiger partial charge on any atom is 0.244 e. The van der Waals surface area contributed by atoms with E-state index in [4.69, 9.17) is 0 Å². The van der Waals surface area contributed by atoms with Crippen LogP contribution in [0.4, 0.5) is 0 Å². The van der Waals surface area contributed by atoms with Gasteiger partial charge < -0.3 is 10.4 Å². The normalized spacial score (nSPS) is 16.6. The molecule has 2 aromatic carbocycles. The fourth-order valence-electron chi connectivity index (χ4n) is 2.94. The van der Waals surface area contributed by atoms with E-state index in [0.29, 0.717) is 0 Å². The summed E-state index contributed by atoms with van der Waals surface area (Å²) in [6.07, 6.45) is 7.34. The average molecular weight is 353 g/mol. The molecule has 1 aliphatic rings. The largest absolute Gasteiger partial charge is 0.383 e. The molecular formula is C21H23NO2S. The molecule has 0 spiro atoms. The van der Waals surface area contributed by atoms with Crippen LogP contribution in [0.25, 0.3) is 6.08 Å². The molecule has 1 fully saturated rings. The van der Waals surface area contributed by atoms with Crippen molar-refractivity contribution in [3.8, 4) is 0 Å². The molecule has 1 aliphatic carbocycles. The minimum absolute atomic E-state index is 0.191. The third kappa shape index (κ3) is 4.53. The smallest absolute Gasteiger partial charge is 0.244 e. The Bertz CT molecular complexity index is 738. The van der Waals surface area contributed by atoms with Crippen molar-refractivity contribution in [2.75, 3.05) is 12.8 Å². The van der Waals surface area contributed by atoms with E-state index in [9.17, 15) is 9.90 Å². The summed E-state index contributed by atoms with van der Waals surface area (Å²) in [7, 11) is 0. The summed E-state index contributed by atoms with van der Waals surface area (Å²) in [5, 5.41) is 13.9. The third-order valence-electron chi connectivity index (χ3n) is 4.60. The zero-order chi connectivity index (χ0) is 17.7. The predicted octanol–water partition coefficient (Wildman–Crippen LogP) is 3.84. The second-order valence-electron chi connectivity index (χ2n) is 6.39. The Hall–Kier alpha value is -2.04. The van der Waals surface area contributed by atoms with Gasteiger partial charge in [0.1, 0.15) is 5.60 Å². The van der Waals surface area contributed by atoms with Crippen LogP contribution >= 0.6 is 11.8 Å². The molecule has 1 unspecified atom stereocenters. The number of hydrogen-bond donors (Lipinski definition) is 2. The van der Waals surface area contributed by atoms with Gasteiger partial charge in [0.2, 0.25) is 5.91 Å². The first kappa shape index (κ1) is 17.8. The second kappa shape index (κ2) is 7.89. The summed E-state index contributed by atoms with van der Waals surface area (Å²) in [5.74, 6) is 0.0298. The molecule has 0 saturated heterocycles. The van der Waals surface area contributed by atoms with Crippen molar-refractivity contribution in [1.29, 1.82) is 0 Å². The third-order valence-corrected chi connectivity index (χ3v) is 5.35. The van der Waals surface area contributed by atoms with Crippen molar-refractivity contribution in [2.24, 2.45) is 5.92 Å². The summed E-state index contributed by atoms with van der Waals surface area (Å²) in [6.45, 7) is 0.232. The topological polar surface area (TPSA) is 49.3 Å². The molecule has 1 atom stereocenters. The standard InChI is InChI=1S/C21H23NO2S/c1-25-19-12-7-16(8-13-19)9-14-20(23)22-15-21(24,18-10-11-18)17-5-3-2-4-6-17/h2-9,12-14,18,24H,10-11,15H2,1H3,(H,22,23)/b14-9+. The number of carbonyl (C=O) groups excluding carboxylic acids is 1. The fourth-order valence-corrected chi connectivity index (χ4v) is 3.35. The van der Waals surface area contributed by atoms with Crippen LogP contribution in [0, 0.1) is 5.92 Å². The molecule has 3 nitrogen and oxygen atoms in total. The number of rotatable bonds is 7. The van der Waals surface area contributed by atoms with Gasteiger partial charge in [-0.15, -0.1) is 11.8 Å². The molecule has 0 radical (unpaired) electrons. The number of amides is 1. The highest BCUT2D eigenvalue weighted by Crippen LogP contribution is 2.45. The molecule has 1 amide bonds. The van der Waals surface area contributed by atoms with Crippen molar-refractivity contribution >= 4 is 23.7 Å². The van der Waals surface area contributed by atoms with E-state index in [1.54, 1.807) is 17.8 Å². The summed E-state index contributed by atoms with van der Waals surface area (Å²) >= 11 is 1.69. The van der Waals surface area contributed by atoms with Crippen molar-refractivity contribution in [1.82, 2.24) is 5.32 Å². The van der Waals surface area contributed by atoms with Gasteiger partial charge in [0.25, 0.3) is 0 Å². The minimum atomic E-state index is -0.981. The van der Waals surface area contributed by atoms with E-state index < -0.39 is 5.60 Å². The molecule has 1 saturated carbocycles. The van der Waals surface area contributed by atoms with Crippen molar-refractivity contribution < 1.29 is 9.90 Å². The van der Waals surface area contributed by atoms with Crippen molar-refractivity contribution in [3.05, 3.63) is 71.8 Å². The molecule has 0 aliphatic heterocycles. The highest BCUT2D eigenvalue weighted by atomic mass is 32.2. The van der Waals surface area contributed by atoms with Gasteiger partial charge in [0.15, 0.2) is 0 Å². The first-order chi connectivity index (χ1) is 12.1. The Labute approximate surface area is 153 Å². The van der Waals surface area contributed by atoms with E-state index in [2.05, 4.69) is 5.32 Å². The van der Waals surface area contributed by atoms with Crippen LogP contribution in [0.3, 0.4) is 0 Å². The molecule has 0 aromatic heterocycles. The quantitative estimate of drug-likeness (QED) is 0.587. The zero-order valence-corrected chi connectivity index (χ0v) is 15.1. The second-order valence-corrected chi connectivity index (χ2v) is 7.27. The van der Waals surface area contributed by atoms with Gasteiger partial charge in [-0.1, -0.05) is 42.5 Å². The van der Waals surface area contributed by atoms with Gasteiger partial charge in [0, 0.05) is 11.0 Å². The van der Waals surface area contributed by atoms with Gasteiger partial charge in [-0.05, 0) is 54.4 Å². The van der Waals surface area contributed by atoms with Gasteiger partial charge in [-0.2, -0.15) is 0 Å². The van der Waals surface area contributed by atoms with Gasteiger partial charge in [-0.25, -0.2) is 0 Å². The SMILES string of the molecule is CSc1ccc(/C=C/C(=O)NCC(O)(c2ccccc2)C2CC2)cc1. The Morgan fingerprint density at radius 3 is 2.48 bits per heavy atom. The molecular weight excluding hydrogens is 330 g/mol. The van der Waals surface area contributed by atoms with E-state index in [1.165, 1.54) is 11.0 Å². The summed E-state index contributed by atoms with van der Waals surface area (Å²) in [4.78, 5) is 13.3. The molecule has 0 bridgehead atoms. The van der Waals surface area contributed by atoms with Crippen molar-refractivity contribution in [3.63, 3.8) is 0 Å². The Morgan fingerprint density at radius 1 is 1.20 bits per heavy atom. The fraction of sp³-hybridized carbons (Fsp3) is 0.286. The molecule has 3 rings (SSSR count). The van der Waals surface area contributed by atoms with Crippen LogP contribution in [0.5, 0.6) is 0 Å². The molecule has 2 aromatic rings. The lowest BCUT2D eigenvalue weighted by Gasteiger charge is -2.29. The summed E-state index contributed by atoms with van der Waals surface area (Å²) < 4.78 is 0. The number of hydrogen-bond acceptors (Lipinski definition) is 3. The molecule has 0 heterocycles. The van der Waals surface area contributed by atoms with E-state index >= 15 is 0 Å². The first-order valence-electron chi connectivity index (χ1n) is 8.50. The summed E-state index contributed by atoms with van der Waals surface area (Å²) in [6, 6.07) is 17.7. The van der Waals surface area contributed by atoms with E-state index in [-0.39, 0.29) is 18.4 Å². The number of nitrogens with one attached hydrogen (secondary N) is 1. The molecule has 130 valence electrons. The van der Waals surface area contributed by atoms with Crippen molar-refractivity contribution in [2.45, 2.75) is 23.3 Å². The maximum atomic E-state index is 12.1. The Balaban J connectivity index is 1.61. The average Bonchev–Trinajstić information content (AvgIpc) is 3.51. The van der Waals surface area contributed by atoms with E-state index in [1.807, 2.05) is 60.9 Å². The van der Waals surface area contributed by atoms with Crippen LogP contribution in [0.15, 0.2) is 65.6 Å². The van der Waals surface area contributed by atoms with Gasteiger partial charge in [0.05, 0.1) is 6.54 Å². The van der Waals surface area contributed by atoms with Crippen LogP contribution in [0.2, 0.25) is 0 Å². The number of carbonyl (C=O) groups is 1. The first-order valence-corrected chi connectivity index (χ1v) is 9.72. The number of thioether (sulfide) groups is 1. The van der Waals surface area contributed by atoms with Crippen LogP contribution in [0.1, 0.15) is 24.0 Å². The minimum Gasteiger partial charge on any atom is -0.383 e. The monoisotopic (exact) mass is 353 g/mol. The van der Waals surface area contributed by atoms with Crippen LogP contribution in [-0.4, -0.2) is 23.8 Å². The highest BCUT2D eigenvalue weighted by Gasteiger charge is 2.45. The molecule has 4 heteroatoms. The highest BCUT2D eigenvalue weighted by molar-refractivity contribution is 7.98. The van der Waals surface area contributed by atoms with E-state index in [0.717, 1.165) is 24.0 Å². The zero-order valence-electron chi connectivity index (χ0n) is 14.3.